The van der Waals surface area contributed by atoms with E-state index >= 15 is 0 Å². The molecule has 0 saturated carbocycles. The lowest BCUT2D eigenvalue weighted by Crippen LogP contribution is -2.54. The lowest BCUT2D eigenvalue weighted by atomic mass is 9.99. The third-order valence-corrected chi connectivity index (χ3v) is 9.43. The number of phosphoric acid groups is 1. The Kier molecular flexibility index (Phi) is 20.2. The first-order valence-electron chi connectivity index (χ1n) is 18.6. The van der Waals surface area contributed by atoms with Gasteiger partial charge in [-0.1, -0.05) is 46.8 Å². The molecule has 1 heterocycles. The van der Waals surface area contributed by atoms with Gasteiger partial charge in [0.25, 0.3) is 11.8 Å². The van der Waals surface area contributed by atoms with Crippen molar-refractivity contribution in [1.82, 2.24) is 26.2 Å². The number of nitrogens with one attached hydrogen (secondary N) is 5. The smallest absolute Gasteiger partial charge is 0.472 e. The normalized spacial score (nSPS) is 15.6. The van der Waals surface area contributed by atoms with Gasteiger partial charge in [0, 0.05) is 37.2 Å². The molecule has 0 bridgehead atoms. The van der Waals surface area contributed by atoms with E-state index in [1.807, 2.05) is 0 Å². The van der Waals surface area contributed by atoms with Crippen molar-refractivity contribution in [3.8, 4) is 0 Å². The maximum atomic E-state index is 13.4. The number of carbonyl (C=O) groups is 8. The van der Waals surface area contributed by atoms with Crippen LogP contribution in [0.5, 0.6) is 0 Å². The SMILES string of the molecule is CCC(=O)N[C@H](C(=O)O)[C@H](OP(=O)(O)OCc1ccc(NC(=O)[C@H](CCCNC(N)=O)NC(=O)[C@@H](NC(=O)CCOCCN2C(=O)C=CC2=O)C(C)C)cc1)C(C)C. The standard InChI is InChI=1S/C36H54N7O14P/c1-6-26(44)41-31(35(50)51)32(22(4)5)57-58(53,54)56-20-23-9-11-24(12-10-23)39-33(48)25(8-7-16-38-36(37)52)40-34(49)30(21(2)3)42-27(45)15-18-55-19-17-43-28(46)13-14-29(43)47/h9-14,21-22,25,30-32H,6-8,15-20H2,1-5H3,(H,39,48)(H,40,49)(H,41,44)(H,42,45)(H,50,51)(H,53,54)(H3,37,38,52)/t25-,30-,31-,32+/m0/s1. The Morgan fingerprint density at radius 3 is 2.03 bits per heavy atom. The molecule has 1 aliphatic heterocycles. The van der Waals surface area contributed by atoms with Crippen LogP contribution in [0.1, 0.15) is 65.9 Å². The minimum absolute atomic E-state index is 0.00960. The molecule has 1 unspecified atom stereocenters. The van der Waals surface area contributed by atoms with Crippen LogP contribution in [0.2, 0.25) is 0 Å². The van der Waals surface area contributed by atoms with Crippen molar-refractivity contribution < 1.29 is 66.7 Å². The molecule has 0 saturated heterocycles. The number of phosphoric ester groups is 1. The number of imide groups is 1. The van der Waals surface area contributed by atoms with Crippen LogP contribution in [0.15, 0.2) is 36.4 Å². The number of ether oxygens (including phenoxy) is 1. The number of hydrogen-bond acceptors (Lipinski definition) is 12. The first kappa shape index (κ1) is 48.9. The van der Waals surface area contributed by atoms with Gasteiger partial charge in [-0.25, -0.2) is 14.2 Å². The zero-order chi connectivity index (χ0) is 43.6. The van der Waals surface area contributed by atoms with E-state index in [2.05, 4.69) is 26.6 Å². The largest absolute Gasteiger partial charge is 0.480 e. The molecular formula is C36H54N7O14P. The number of nitrogens with zero attached hydrogens (tertiary/aromatic N) is 1. The summed E-state index contributed by atoms with van der Waals surface area (Å²) < 4.78 is 28.5. The zero-order valence-electron chi connectivity index (χ0n) is 33.1. The Morgan fingerprint density at radius 1 is 0.862 bits per heavy atom. The fourth-order valence-electron chi connectivity index (χ4n) is 5.28. The van der Waals surface area contributed by atoms with Gasteiger partial charge < -0.3 is 47.1 Å². The fraction of sp³-hybridized carbons (Fsp3) is 0.556. The number of benzene rings is 1. The highest BCUT2D eigenvalue weighted by molar-refractivity contribution is 7.47. The lowest BCUT2D eigenvalue weighted by molar-refractivity contribution is -0.145. The van der Waals surface area contributed by atoms with E-state index in [-0.39, 0.29) is 57.7 Å². The van der Waals surface area contributed by atoms with E-state index < -0.39 is 97.9 Å². The average Bonchev–Trinajstić information content (AvgIpc) is 3.47. The highest BCUT2D eigenvalue weighted by Crippen LogP contribution is 2.47. The number of carboxylic acid groups (broad SMARTS) is 1. The molecule has 322 valence electrons. The molecule has 0 aliphatic carbocycles. The first-order valence-corrected chi connectivity index (χ1v) is 20.1. The fourth-order valence-corrected chi connectivity index (χ4v) is 6.33. The Hall–Kier alpha value is -5.21. The predicted octanol–water partition coefficient (Wildman–Crippen LogP) is 0.669. The molecule has 22 heteroatoms. The molecule has 58 heavy (non-hydrogen) atoms. The molecule has 1 aromatic carbocycles. The molecule has 0 spiro atoms. The highest BCUT2D eigenvalue weighted by Gasteiger charge is 2.39. The van der Waals surface area contributed by atoms with Crippen molar-refractivity contribution in [2.75, 3.05) is 31.6 Å². The predicted molar refractivity (Wildman–Crippen MR) is 206 cm³/mol. The Morgan fingerprint density at radius 2 is 1.48 bits per heavy atom. The number of rotatable bonds is 26. The van der Waals surface area contributed by atoms with Gasteiger partial charge >= 0.3 is 19.8 Å². The van der Waals surface area contributed by atoms with Crippen molar-refractivity contribution in [1.29, 1.82) is 0 Å². The molecule has 0 aromatic heterocycles. The summed E-state index contributed by atoms with van der Waals surface area (Å²) in [4.78, 5) is 109. The van der Waals surface area contributed by atoms with Gasteiger partial charge in [-0.05, 0) is 42.4 Å². The summed E-state index contributed by atoms with van der Waals surface area (Å²) in [7, 11) is -4.85. The maximum Gasteiger partial charge on any atom is 0.472 e. The monoisotopic (exact) mass is 839 g/mol. The third-order valence-electron chi connectivity index (χ3n) is 8.46. The van der Waals surface area contributed by atoms with Crippen LogP contribution < -0.4 is 32.3 Å². The van der Waals surface area contributed by atoms with Gasteiger partial charge in [0.15, 0.2) is 6.04 Å². The Bertz CT molecular complexity index is 1690. The van der Waals surface area contributed by atoms with Crippen LogP contribution in [0.25, 0.3) is 0 Å². The number of amides is 8. The molecule has 21 nitrogen and oxygen atoms in total. The van der Waals surface area contributed by atoms with Gasteiger partial charge in [-0.2, -0.15) is 0 Å². The van der Waals surface area contributed by atoms with Crippen LogP contribution >= 0.6 is 7.82 Å². The summed E-state index contributed by atoms with van der Waals surface area (Å²) in [5.41, 5.74) is 5.77. The van der Waals surface area contributed by atoms with E-state index in [0.29, 0.717) is 5.56 Å². The minimum atomic E-state index is -4.85. The topological polar surface area (TPSA) is 311 Å². The van der Waals surface area contributed by atoms with E-state index in [0.717, 1.165) is 17.1 Å². The average molecular weight is 840 g/mol. The van der Waals surface area contributed by atoms with Gasteiger partial charge in [0.05, 0.1) is 26.4 Å². The van der Waals surface area contributed by atoms with Gasteiger partial charge in [0.1, 0.15) is 18.2 Å². The Balaban J connectivity index is 2.03. The van der Waals surface area contributed by atoms with Crippen molar-refractivity contribution >= 4 is 61.0 Å². The van der Waals surface area contributed by atoms with E-state index in [1.54, 1.807) is 27.7 Å². The molecule has 0 fully saturated rings. The number of anilines is 1. The lowest BCUT2D eigenvalue weighted by Gasteiger charge is -2.29. The molecule has 8 amide bonds. The van der Waals surface area contributed by atoms with Crippen LogP contribution in [-0.2, 0) is 58.5 Å². The second kappa shape index (κ2) is 23.9. The first-order chi connectivity index (χ1) is 27.2. The number of carbonyl (C=O) groups excluding carboxylic acids is 7. The van der Waals surface area contributed by atoms with Crippen LogP contribution in [0, 0.1) is 11.8 Å². The quantitative estimate of drug-likeness (QED) is 0.0361. The Labute approximate surface area is 335 Å². The number of nitrogens with two attached hydrogens (primary N) is 1. The summed E-state index contributed by atoms with van der Waals surface area (Å²) in [6.45, 7) is 7.63. The maximum absolute atomic E-state index is 13.4. The molecule has 0 radical (unpaired) electrons. The number of carboxylic acids is 1. The minimum Gasteiger partial charge on any atom is -0.480 e. The summed E-state index contributed by atoms with van der Waals surface area (Å²) in [5, 5.41) is 22.3. The molecule has 1 aromatic rings. The van der Waals surface area contributed by atoms with E-state index in [4.69, 9.17) is 19.5 Å². The zero-order valence-corrected chi connectivity index (χ0v) is 34.0. The number of urea groups is 1. The summed E-state index contributed by atoms with van der Waals surface area (Å²) in [6.07, 6.45) is 1.03. The van der Waals surface area contributed by atoms with Crippen LogP contribution in [0.4, 0.5) is 10.5 Å². The summed E-state index contributed by atoms with van der Waals surface area (Å²) in [6, 6.07) is 1.28. The van der Waals surface area contributed by atoms with Crippen LogP contribution in [-0.4, -0.2) is 113 Å². The van der Waals surface area contributed by atoms with E-state index in [1.165, 1.54) is 31.2 Å². The highest BCUT2D eigenvalue weighted by atomic mass is 31.2. The number of aliphatic carboxylic acids is 1. The van der Waals surface area contributed by atoms with Crippen molar-refractivity contribution in [2.24, 2.45) is 17.6 Å². The van der Waals surface area contributed by atoms with E-state index in [9.17, 15) is 52.9 Å². The number of hydrogen-bond donors (Lipinski definition) is 8. The van der Waals surface area contributed by atoms with Crippen molar-refractivity contribution in [3.63, 3.8) is 0 Å². The molecule has 9 N–H and O–H groups in total. The van der Waals surface area contributed by atoms with Crippen molar-refractivity contribution in [2.45, 2.75) is 91.1 Å². The van der Waals surface area contributed by atoms with Gasteiger partial charge in [-0.15, -0.1) is 0 Å². The summed E-state index contributed by atoms with van der Waals surface area (Å²) in [5.74, 6) is -5.80. The molecule has 2 rings (SSSR count). The summed E-state index contributed by atoms with van der Waals surface area (Å²) >= 11 is 0. The van der Waals surface area contributed by atoms with Crippen LogP contribution in [0.3, 0.4) is 0 Å². The van der Waals surface area contributed by atoms with Crippen molar-refractivity contribution in [3.05, 3.63) is 42.0 Å². The molecule has 5 atom stereocenters. The molecular weight excluding hydrogens is 785 g/mol. The number of primary amides is 1. The molecule has 1 aliphatic rings. The van der Waals surface area contributed by atoms with Gasteiger partial charge in [-0.3, -0.25) is 42.7 Å². The van der Waals surface area contributed by atoms with Gasteiger partial charge in [0.2, 0.25) is 23.6 Å². The third kappa shape index (κ3) is 17.1. The second-order valence-corrected chi connectivity index (χ2v) is 15.2. The second-order valence-electron chi connectivity index (χ2n) is 13.8.